The van der Waals surface area contributed by atoms with E-state index in [0.29, 0.717) is 0 Å². The topological polar surface area (TPSA) is 84.6 Å². The molecule has 1 aliphatic carbocycles. The molecule has 0 bridgehead atoms. The Bertz CT molecular complexity index is 495. The fourth-order valence-corrected chi connectivity index (χ4v) is 3.26. The fourth-order valence-electron chi connectivity index (χ4n) is 1.65. The Morgan fingerprint density at radius 1 is 1.44 bits per heavy atom. The zero-order valence-corrected chi connectivity index (χ0v) is 9.37. The Morgan fingerprint density at radius 2 is 2.12 bits per heavy atom. The third kappa shape index (κ3) is 2.11. The van der Waals surface area contributed by atoms with E-state index in [4.69, 9.17) is 9.52 Å². The van der Waals surface area contributed by atoms with E-state index in [0.717, 1.165) is 25.3 Å². The third-order valence-electron chi connectivity index (χ3n) is 2.78. The molecule has 1 N–H and O–H groups in total. The average molecular weight is 244 g/mol. The summed E-state index contributed by atoms with van der Waals surface area (Å²) < 4.78 is 28.4. The minimum Gasteiger partial charge on any atom is -0.475 e. The lowest BCUT2D eigenvalue weighted by atomic mass is 9.87. The Balaban J connectivity index is 2.17. The minimum absolute atomic E-state index is 0.0551. The average Bonchev–Trinajstić information content (AvgIpc) is 2.61. The molecule has 1 aromatic heterocycles. The van der Waals surface area contributed by atoms with Crippen molar-refractivity contribution in [2.45, 2.75) is 24.4 Å². The van der Waals surface area contributed by atoms with Gasteiger partial charge in [0.2, 0.25) is 20.7 Å². The van der Waals surface area contributed by atoms with Crippen LogP contribution in [-0.2, 0) is 9.84 Å². The standard InChI is InChI=1S/C10H12O5S/c11-10(12)8-4-5-9(15-8)16(13,14)6-7-2-1-3-7/h4-5,7H,1-3,6H2,(H,11,12). The quantitative estimate of drug-likeness (QED) is 0.868. The lowest BCUT2D eigenvalue weighted by Gasteiger charge is -2.24. The summed E-state index contributed by atoms with van der Waals surface area (Å²) in [6.07, 6.45) is 2.91. The van der Waals surface area contributed by atoms with Crippen LogP contribution in [0.15, 0.2) is 21.6 Å². The molecular formula is C10H12O5S. The van der Waals surface area contributed by atoms with Crippen LogP contribution in [0.4, 0.5) is 0 Å². The monoisotopic (exact) mass is 244 g/mol. The predicted octanol–water partition coefficient (Wildman–Crippen LogP) is 1.55. The number of sulfone groups is 1. The van der Waals surface area contributed by atoms with E-state index in [1.165, 1.54) is 6.07 Å². The van der Waals surface area contributed by atoms with Crippen molar-refractivity contribution in [2.24, 2.45) is 5.92 Å². The summed E-state index contributed by atoms with van der Waals surface area (Å²) in [7, 11) is -3.46. The van der Waals surface area contributed by atoms with Gasteiger partial charge in [-0.25, -0.2) is 13.2 Å². The van der Waals surface area contributed by atoms with E-state index in [-0.39, 0.29) is 22.5 Å². The predicted molar refractivity (Wildman–Crippen MR) is 55.1 cm³/mol. The van der Waals surface area contributed by atoms with Crippen LogP contribution in [0.1, 0.15) is 29.8 Å². The second-order valence-electron chi connectivity index (χ2n) is 4.00. The van der Waals surface area contributed by atoms with Crippen LogP contribution in [0, 0.1) is 5.92 Å². The summed E-state index contributed by atoms with van der Waals surface area (Å²) in [5.74, 6) is -1.35. The molecule has 0 aromatic carbocycles. The normalized spacial score (nSPS) is 17.0. The molecule has 1 saturated carbocycles. The fraction of sp³-hybridized carbons (Fsp3) is 0.500. The van der Waals surface area contributed by atoms with E-state index in [1.807, 2.05) is 0 Å². The van der Waals surface area contributed by atoms with Gasteiger partial charge in [-0.3, -0.25) is 0 Å². The largest absolute Gasteiger partial charge is 0.475 e. The maximum absolute atomic E-state index is 11.8. The van der Waals surface area contributed by atoms with Gasteiger partial charge < -0.3 is 9.52 Å². The molecule has 88 valence electrons. The molecule has 1 heterocycles. The first-order valence-corrected chi connectivity index (χ1v) is 6.70. The van der Waals surface area contributed by atoms with Crippen molar-refractivity contribution in [1.82, 2.24) is 0 Å². The number of furan rings is 1. The van der Waals surface area contributed by atoms with Crippen LogP contribution >= 0.6 is 0 Å². The summed E-state index contributed by atoms with van der Waals surface area (Å²) in [6, 6.07) is 2.37. The summed E-state index contributed by atoms with van der Waals surface area (Å²) >= 11 is 0. The zero-order chi connectivity index (χ0) is 11.8. The summed E-state index contributed by atoms with van der Waals surface area (Å²) in [5.41, 5.74) is 0. The Labute approximate surface area is 93.0 Å². The van der Waals surface area contributed by atoms with Gasteiger partial charge in [-0.15, -0.1) is 0 Å². The summed E-state index contributed by atoms with van der Waals surface area (Å²) in [6.45, 7) is 0. The number of hydrogen-bond acceptors (Lipinski definition) is 4. The molecule has 0 saturated heterocycles. The highest BCUT2D eigenvalue weighted by Crippen LogP contribution is 2.30. The number of rotatable bonds is 4. The SMILES string of the molecule is O=C(O)c1ccc(S(=O)(=O)CC2CCC2)o1. The minimum atomic E-state index is -3.46. The third-order valence-corrected chi connectivity index (χ3v) is 4.52. The molecule has 5 nitrogen and oxygen atoms in total. The Kier molecular flexibility index (Phi) is 2.75. The van der Waals surface area contributed by atoms with Crippen LogP contribution in [0.3, 0.4) is 0 Å². The zero-order valence-electron chi connectivity index (χ0n) is 8.55. The molecule has 0 atom stereocenters. The van der Waals surface area contributed by atoms with Crippen molar-refractivity contribution in [3.63, 3.8) is 0 Å². The van der Waals surface area contributed by atoms with Crippen molar-refractivity contribution < 1.29 is 22.7 Å². The van der Waals surface area contributed by atoms with Gasteiger partial charge in [0.05, 0.1) is 5.75 Å². The van der Waals surface area contributed by atoms with Crippen LogP contribution in [0.2, 0.25) is 0 Å². The van der Waals surface area contributed by atoms with Gasteiger partial charge >= 0.3 is 5.97 Å². The molecule has 0 aliphatic heterocycles. The molecule has 1 aliphatic rings. The number of carboxylic acid groups (broad SMARTS) is 1. The molecule has 0 spiro atoms. The maximum atomic E-state index is 11.8. The molecule has 6 heteroatoms. The van der Waals surface area contributed by atoms with Crippen molar-refractivity contribution in [3.05, 3.63) is 17.9 Å². The summed E-state index contributed by atoms with van der Waals surface area (Å²) in [4.78, 5) is 10.5. The molecule has 1 fully saturated rings. The van der Waals surface area contributed by atoms with Crippen LogP contribution < -0.4 is 0 Å². The van der Waals surface area contributed by atoms with Crippen LogP contribution in [0.25, 0.3) is 0 Å². The molecule has 0 unspecified atom stereocenters. The van der Waals surface area contributed by atoms with E-state index < -0.39 is 15.8 Å². The van der Waals surface area contributed by atoms with Crippen molar-refractivity contribution >= 4 is 15.8 Å². The number of aromatic carboxylic acids is 1. The van der Waals surface area contributed by atoms with E-state index in [1.54, 1.807) is 0 Å². The second-order valence-corrected chi connectivity index (χ2v) is 5.97. The molecule has 0 amide bonds. The molecule has 0 radical (unpaired) electrons. The highest BCUT2D eigenvalue weighted by atomic mass is 32.2. The lowest BCUT2D eigenvalue weighted by Crippen LogP contribution is -2.21. The molecular weight excluding hydrogens is 232 g/mol. The van der Waals surface area contributed by atoms with E-state index >= 15 is 0 Å². The number of carboxylic acids is 1. The first-order chi connectivity index (χ1) is 7.49. The molecule has 16 heavy (non-hydrogen) atoms. The number of hydrogen-bond donors (Lipinski definition) is 1. The molecule has 1 aromatic rings. The van der Waals surface area contributed by atoms with Crippen molar-refractivity contribution in [1.29, 1.82) is 0 Å². The first-order valence-electron chi connectivity index (χ1n) is 5.05. The highest BCUT2D eigenvalue weighted by Gasteiger charge is 2.28. The first kappa shape index (κ1) is 11.2. The van der Waals surface area contributed by atoms with Gasteiger partial charge in [-0.1, -0.05) is 6.42 Å². The maximum Gasteiger partial charge on any atom is 0.371 e. The lowest BCUT2D eigenvalue weighted by molar-refractivity contribution is 0.0656. The number of carbonyl (C=O) groups is 1. The van der Waals surface area contributed by atoms with E-state index in [9.17, 15) is 13.2 Å². The van der Waals surface area contributed by atoms with Gasteiger partial charge in [0.1, 0.15) is 0 Å². The van der Waals surface area contributed by atoms with Crippen molar-refractivity contribution in [3.8, 4) is 0 Å². The smallest absolute Gasteiger partial charge is 0.371 e. The van der Waals surface area contributed by atoms with Gasteiger partial charge in [-0.05, 0) is 30.9 Å². The highest BCUT2D eigenvalue weighted by molar-refractivity contribution is 7.91. The van der Waals surface area contributed by atoms with Crippen molar-refractivity contribution in [2.75, 3.05) is 5.75 Å². The Hall–Kier alpha value is -1.30. The van der Waals surface area contributed by atoms with Gasteiger partial charge in [0.15, 0.2) is 0 Å². The Morgan fingerprint density at radius 3 is 2.56 bits per heavy atom. The van der Waals surface area contributed by atoms with Crippen LogP contribution in [0.5, 0.6) is 0 Å². The van der Waals surface area contributed by atoms with Crippen LogP contribution in [-0.4, -0.2) is 25.2 Å². The second kappa shape index (κ2) is 3.93. The van der Waals surface area contributed by atoms with E-state index in [2.05, 4.69) is 0 Å². The van der Waals surface area contributed by atoms with Gasteiger partial charge in [0.25, 0.3) is 0 Å². The summed E-state index contributed by atoms with van der Waals surface area (Å²) in [5, 5.41) is 8.38. The van der Waals surface area contributed by atoms with Gasteiger partial charge in [0, 0.05) is 0 Å². The van der Waals surface area contributed by atoms with Gasteiger partial charge in [-0.2, -0.15) is 0 Å². The molecule has 2 rings (SSSR count).